The molecule has 0 aliphatic carbocycles. The van der Waals surface area contributed by atoms with Gasteiger partial charge < -0.3 is 4.74 Å². The highest BCUT2D eigenvalue weighted by Gasteiger charge is 2.01. The molecule has 0 saturated heterocycles. The van der Waals surface area contributed by atoms with Crippen LogP contribution in [0.3, 0.4) is 0 Å². The van der Waals surface area contributed by atoms with Crippen LogP contribution in [0.2, 0.25) is 0 Å². The minimum absolute atomic E-state index is 0.896. The molecule has 0 amide bonds. The fourth-order valence-electron chi connectivity index (χ4n) is 2.04. The molecule has 0 spiro atoms. The molecule has 1 aromatic carbocycles. The number of aromatic nitrogens is 1. The van der Waals surface area contributed by atoms with Crippen LogP contribution in [0.5, 0.6) is 5.75 Å². The molecule has 2 nitrogen and oxygen atoms in total. The fraction of sp³-hybridized carbons (Fsp3) is 0.235. The number of hydrogen-bond acceptors (Lipinski definition) is 2. The third kappa shape index (κ3) is 3.44. The predicted octanol–water partition coefficient (Wildman–Crippen LogP) is 3.83. The highest BCUT2D eigenvalue weighted by atomic mass is 16.5. The van der Waals surface area contributed by atoms with Crippen LogP contribution < -0.4 is 4.74 Å². The van der Waals surface area contributed by atoms with Crippen LogP contribution in [0.25, 0.3) is 6.08 Å². The van der Waals surface area contributed by atoms with Gasteiger partial charge >= 0.3 is 0 Å². The van der Waals surface area contributed by atoms with E-state index in [0.29, 0.717) is 0 Å². The van der Waals surface area contributed by atoms with Crippen molar-refractivity contribution in [2.24, 2.45) is 0 Å². The summed E-state index contributed by atoms with van der Waals surface area (Å²) >= 11 is 0. The molecular formula is C17H19NO. The molecular weight excluding hydrogens is 234 g/mol. The van der Waals surface area contributed by atoms with Gasteiger partial charge in [0.15, 0.2) is 0 Å². The summed E-state index contributed by atoms with van der Waals surface area (Å²) in [6, 6.07) is 10.3. The molecule has 0 aliphatic rings. The Morgan fingerprint density at radius 1 is 1.21 bits per heavy atom. The van der Waals surface area contributed by atoms with Crippen LogP contribution in [0.1, 0.15) is 22.4 Å². The molecule has 1 heterocycles. The summed E-state index contributed by atoms with van der Waals surface area (Å²) in [5.41, 5.74) is 4.76. The van der Waals surface area contributed by atoms with Crippen LogP contribution in [0.4, 0.5) is 0 Å². The topological polar surface area (TPSA) is 22.1 Å². The van der Waals surface area contributed by atoms with Gasteiger partial charge in [-0.15, -0.1) is 0 Å². The zero-order valence-electron chi connectivity index (χ0n) is 11.5. The summed E-state index contributed by atoms with van der Waals surface area (Å²) in [6.45, 7) is 5.87. The maximum atomic E-state index is 5.15. The lowest BCUT2D eigenvalue weighted by atomic mass is 10.1. The van der Waals surface area contributed by atoms with Crippen LogP contribution in [-0.2, 0) is 12.8 Å². The first-order valence-corrected chi connectivity index (χ1v) is 6.44. The second-order valence-corrected chi connectivity index (χ2v) is 4.58. The molecule has 1 aromatic heterocycles. The third-order valence-corrected chi connectivity index (χ3v) is 3.26. The predicted molar refractivity (Wildman–Crippen MR) is 79.5 cm³/mol. The van der Waals surface area contributed by atoms with Gasteiger partial charge in [-0.25, -0.2) is 0 Å². The molecule has 0 atom stereocenters. The first-order chi connectivity index (χ1) is 9.22. The van der Waals surface area contributed by atoms with E-state index in [1.807, 2.05) is 24.4 Å². The van der Waals surface area contributed by atoms with E-state index in [9.17, 15) is 0 Å². The lowest BCUT2D eigenvalue weighted by molar-refractivity contribution is 0.414. The number of ether oxygens (including phenoxy) is 1. The summed E-state index contributed by atoms with van der Waals surface area (Å²) < 4.78 is 5.15. The van der Waals surface area contributed by atoms with Gasteiger partial charge in [0.25, 0.3) is 0 Å². The summed E-state index contributed by atoms with van der Waals surface area (Å²) in [7, 11) is 1.68. The molecule has 0 aliphatic heterocycles. The summed E-state index contributed by atoms with van der Waals surface area (Å²) in [4.78, 5) is 4.46. The standard InChI is InChI=1S/C17H19NO/c1-4-15-12-18-16(11-13(15)2)8-5-14-6-9-17(19-3)10-7-14/h4,6-7,9-12H,1,5,8H2,2-3H3. The monoisotopic (exact) mass is 253 g/mol. The maximum absolute atomic E-state index is 5.15. The number of benzene rings is 1. The Balaban J connectivity index is 2.01. The first-order valence-electron chi connectivity index (χ1n) is 6.44. The molecule has 2 heteroatoms. The van der Waals surface area contributed by atoms with E-state index >= 15 is 0 Å². The van der Waals surface area contributed by atoms with E-state index < -0.39 is 0 Å². The highest BCUT2D eigenvalue weighted by molar-refractivity contribution is 5.50. The number of pyridine rings is 1. The van der Waals surface area contributed by atoms with Gasteiger partial charge in [0, 0.05) is 11.9 Å². The Labute approximate surface area is 114 Å². The summed E-state index contributed by atoms with van der Waals surface area (Å²) in [6.07, 6.45) is 5.68. The van der Waals surface area contributed by atoms with Crippen molar-refractivity contribution in [2.75, 3.05) is 7.11 Å². The maximum Gasteiger partial charge on any atom is 0.118 e. The zero-order valence-corrected chi connectivity index (χ0v) is 11.5. The molecule has 0 radical (unpaired) electrons. The van der Waals surface area contributed by atoms with Crippen LogP contribution in [-0.4, -0.2) is 12.1 Å². The van der Waals surface area contributed by atoms with Crippen LogP contribution in [0.15, 0.2) is 43.1 Å². The minimum Gasteiger partial charge on any atom is -0.497 e. The van der Waals surface area contributed by atoms with E-state index in [1.54, 1.807) is 7.11 Å². The van der Waals surface area contributed by atoms with Crippen molar-refractivity contribution in [3.63, 3.8) is 0 Å². The Kier molecular flexibility index (Phi) is 4.35. The molecule has 0 bridgehead atoms. The molecule has 98 valence electrons. The van der Waals surface area contributed by atoms with Crippen molar-refractivity contribution in [2.45, 2.75) is 19.8 Å². The average molecular weight is 253 g/mol. The van der Waals surface area contributed by atoms with Crippen molar-refractivity contribution >= 4 is 6.08 Å². The lowest BCUT2D eigenvalue weighted by Crippen LogP contribution is -1.96. The van der Waals surface area contributed by atoms with Gasteiger partial charge in [-0.05, 0) is 54.7 Å². The Morgan fingerprint density at radius 2 is 1.95 bits per heavy atom. The van der Waals surface area contributed by atoms with Gasteiger partial charge in [0.1, 0.15) is 5.75 Å². The summed E-state index contributed by atoms with van der Waals surface area (Å²) in [5, 5.41) is 0. The minimum atomic E-state index is 0.896. The number of rotatable bonds is 5. The zero-order chi connectivity index (χ0) is 13.7. The van der Waals surface area contributed by atoms with Crippen molar-refractivity contribution < 1.29 is 4.74 Å². The quantitative estimate of drug-likeness (QED) is 0.808. The second kappa shape index (κ2) is 6.19. The average Bonchev–Trinajstić information content (AvgIpc) is 2.46. The second-order valence-electron chi connectivity index (χ2n) is 4.58. The van der Waals surface area contributed by atoms with E-state index in [2.05, 4.69) is 36.7 Å². The number of hydrogen-bond donors (Lipinski definition) is 0. The van der Waals surface area contributed by atoms with Gasteiger partial charge in [-0.1, -0.05) is 24.8 Å². The smallest absolute Gasteiger partial charge is 0.118 e. The lowest BCUT2D eigenvalue weighted by Gasteiger charge is -2.06. The highest BCUT2D eigenvalue weighted by Crippen LogP contribution is 2.14. The summed E-state index contributed by atoms with van der Waals surface area (Å²) in [5.74, 6) is 0.896. The first kappa shape index (κ1) is 13.3. The van der Waals surface area contributed by atoms with E-state index in [0.717, 1.165) is 29.8 Å². The number of nitrogens with zero attached hydrogens (tertiary/aromatic N) is 1. The molecule has 0 N–H and O–H groups in total. The molecule has 0 unspecified atom stereocenters. The van der Waals surface area contributed by atoms with Gasteiger partial charge in [0.05, 0.1) is 7.11 Å². The van der Waals surface area contributed by atoms with Crippen molar-refractivity contribution in [1.82, 2.24) is 4.98 Å². The molecule has 0 fully saturated rings. The number of aryl methyl sites for hydroxylation is 3. The largest absolute Gasteiger partial charge is 0.497 e. The normalized spacial score (nSPS) is 10.2. The molecule has 19 heavy (non-hydrogen) atoms. The molecule has 2 rings (SSSR count). The van der Waals surface area contributed by atoms with E-state index in [1.165, 1.54) is 11.1 Å². The SMILES string of the molecule is C=Cc1cnc(CCc2ccc(OC)cc2)cc1C. The Hall–Kier alpha value is -2.09. The third-order valence-electron chi connectivity index (χ3n) is 3.26. The Bertz CT molecular complexity index is 558. The fourth-order valence-corrected chi connectivity index (χ4v) is 2.04. The number of methoxy groups -OCH3 is 1. The Morgan fingerprint density at radius 3 is 2.53 bits per heavy atom. The van der Waals surface area contributed by atoms with Crippen molar-refractivity contribution in [3.05, 3.63) is 65.5 Å². The van der Waals surface area contributed by atoms with E-state index in [4.69, 9.17) is 4.74 Å². The van der Waals surface area contributed by atoms with E-state index in [-0.39, 0.29) is 0 Å². The molecule has 0 saturated carbocycles. The van der Waals surface area contributed by atoms with Gasteiger partial charge in [-0.2, -0.15) is 0 Å². The van der Waals surface area contributed by atoms with Crippen LogP contribution in [0, 0.1) is 6.92 Å². The van der Waals surface area contributed by atoms with Crippen molar-refractivity contribution in [3.8, 4) is 5.75 Å². The van der Waals surface area contributed by atoms with Crippen LogP contribution >= 0.6 is 0 Å². The van der Waals surface area contributed by atoms with Gasteiger partial charge in [-0.3, -0.25) is 4.98 Å². The molecule has 2 aromatic rings. The van der Waals surface area contributed by atoms with Gasteiger partial charge in [0.2, 0.25) is 0 Å². The van der Waals surface area contributed by atoms with Crippen molar-refractivity contribution in [1.29, 1.82) is 0 Å².